The number of nitrogens with zero attached hydrogens (tertiary/aromatic N) is 1. The summed E-state index contributed by atoms with van der Waals surface area (Å²) in [4.78, 5) is 15.9. The van der Waals surface area contributed by atoms with Gasteiger partial charge in [-0.3, -0.25) is 9.69 Å². The second-order valence-corrected chi connectivity index (χ2v) is 7.55. The SMILES string of the molecule is Cc1ccsc1-c1ccc(C(=O)NCCN2CCCC[C@H]2CO)cc1. The van der Waals surface area contributed by atoms with Gasteiger partial charge in [0.2, 0.25) is 0 Å². The maximum Gasteiger partial charge on any atom is 0.251 e. The Labute approximate surface area is 153 Å². The summed E-state index contributed by atoms with van der Waals surface area (Å²) >= 11 is 1.72. The molecule has 0 spiro atoms. The fourth-order valence-corrected chi connectivity index (χ4v) is 4.35. The van der Waals surface area contributed by atoms with Gasteiger partial charge in [-0.15, -0.1) is 11.3 Å². The van der Waals surface area contributed by atoms with E-state index in [1.807, 2.05) is 24.3 Å². The van der Waals surface area contributed by atoms with Crippen LogP contribution in [0.1, 0.15) is 35.2 Å². The minimum Gasteiger partial charge on any atom is -0.395 e. The van der Waals surface area contributed by atoms with Crippen LogP contribution in [0.25, 0.3) is 10.4 Å². The molecule has 3 rings (SSSR count). The number of nitrogens with one attached hydrogen (secondary N) is 1. The highest BCUT2D eigenvalue weighted by Gasteiger charge is 2.21. The van der Waals surface area contributed by atoms with E-state index in [2.05, 4.69) is 28.6 Å². The molecule has 0 aliphatic carbocycles. The Morgan fingerprint density at radius 2 is 2.08 bits per heavy atom. The first-order valence-electron chi connectivity index (χ1n) is 8.96. The lowest BCUT2D eigenvalue weighted by molar-refractivity contribution is 0.0849. The fourth-order valence-electron chi connectivity index (χ4n) is 3.42. The van der Waals surface area contributed by atoms with Crippen molar-refractivity contribution in [2.45, 2.75) is 32.2 Å². The Kier molecular flexibility index (Phi) is 6.24. The molecule has 5 heteroatoms. The summed E-state index contributed by atoms with van der Waals surface area (Å²) < 4.78 is 0. The third kappa shape index (κ3) is 4.48. The highest BCUT2D eigenvalue weighted by atomic mass is 32.1. The number of piperidine rings is 1. The molecule has 0 unspecified atom stereocenters. The quantitative estimate of drug-likeness (QED) is 0.833. The smallest absolute Gasteiger partial charge is 0.251 e. The van der Waals surface area contributed by atoms with Crippen molar-refractivity contribution in [3.8, 4) is 10.4 Å². The third-order valence-electron chi connectivity index (χ3n) is 4.92. The molecule has 1 atom stereocenters. The molecule has 2 heterocycles. The zero-order valence-electron chi connectivity index (χ0n) is 14.7. The van der Waals surface area contributed by atoms with E-state index in [1.165, 1.54) is 23.3 Å². The largest absolute Gasteiger partial charge is 0.395 e. The Bertz CT molecular complexity index is 696. The average Bonchev–Trinajstić information content (AvgIpc) is 3.08. The van der Waals surface area contributed by atoms with Crippen LogP contribution < -0.4 is 5.32 Å². The standard InChI is InChI=1S/C20H26N2O2S/c1-15-9-13-25-19(15)16-5-7-17(8-6-16)20(24)21-10-12-22-11-3-2-4-18(22)14-23/h5-9,13,18,23H,2-4,10-12,14H2,1H3,(H,21,24)/t18-/m0/s1. The Hall–Kier alpha value is -1.69. The first-order chi connectivity index (χ1) is 12.2. The number of aliphatic hydroxyl groups is 1. The number of hydrogen-bond donors (Lipinski definition) is 2. The van der Waals surface area contributed by atoms with E-state index in [1.54, 1.807) is 11.3 Å². The Balaban J connectivity index is 1.52. The van der Waals surface area contributed by atoms with Crippen molar-refractivity contribution in [2.24, 2.45) is 0 Å². The van der Waals surface area contributed by atoms with Gasteiger partial charge >= 0.3 is 0 Å². The molecule has 4 nitrogen and oxygen atoms in total. The van der Waals surface area contributed by atoms with Crippen LogP contribution in [-0.4, -0.2) is 48.2 Å². The number of carbonyl (C=O) groups excluding carboxylic acids is 1. The van der Waals surface area contributed by atoms with E-state index in [9.17, 15) is 9.90 Å². The summed E-state index contributed by atoms with van der Waals surface area (Å²) in [5.41, 5.74) is 3.11. The van der Waals surface area contributed by atoms with Gasteiger partial charge in [0.05, 0.1) is 6.61 Å². The maximum atomic E-state index is 12.3. The Morgan fingerprint density at radius 3 is 2.76 bits per heavy atom. The van der Waals surface area contributed by atoms with Crippen molar-refractivity contribution in [2.75, 3.05) is 26.2 Å². The number of aryl methyl sites for hydroxylation is 1. The number of benzene rings is 1. The molecule has 134 valence electrons. The molecule has 1 fully saturated rings. The van der Waals surface area contributed by atoms with Gasteiger partial charge in [0, 0.05) is 29.6 Å². The van der Waals surface area contributed by atoms with E-state index in [-0.39, 0.29) is 18.6 Å². The topological polar surface area (TPSA) is 52.6 Å². The zero-order chi connectivity index (χ0) is 17.6. The van der Waals surface area contributed by atoms with Gasteiger partial charge in [0.15, 0.2) is 0 Å². The van der Waals surface area contributed by atoms with Crippen molar-refractivity contribution < 1.29 is 9.90 Å². The van der Waals surface area contributed by atoms with E-state index in [0.717, 1.165) is 25.1 Å². The maximum absolute atomic E-state index is 12.3. The van der Waals surface area contributed by atoms with Crippen LogP contribution in [0.2, 0.25) is 0 Å². The number of amides is 1. The Morgan fingerprint density at radius 1 is 1.28 bits per heavy atom. The zero-order valence-corrected chi connectivity index (χ0v) is 15.5. The van der Waals surface area contributed by atoms with Gasteiger partial charge < -0.3 is 10.4 Å². The number of carbonyl (C=O) groups is 1. The van der Waals surface area contributed by atoms with Gasteiger partial charge in [0.25, 0.3) is 5.91 Å². The van der Waals surface area contributed by atoms with Crippen LogP contribution in [0.3, 0.4) is 0 Å². The highest BCUT2D eigenvalue weighted by molar-refractivity contribution is 7.13. The normalized spacial score (nSPS) is 18.2. The van der Waals surface area contributed by atoms with Gasteiger partial charge in [-0.25, -0.2) is 0 Å². The number of likely N-dealkylation sites (tertiary alicyclic amines) is 1. The summed E-state index contributed by atoms with van der Waals surface area (Å²) in [6.45, 7) is 4.73. The lowest BCUT2D eigenvalue weighted by Gasteiger charge is -2.34. The predicted octanol–water partition coefficient (Wildman–Crippen LogP) is 3.30. The molecule has 1 aliphatic heterocycles. The average molecular weight is 359 g/mol. The molecule has 0 bridgehead atoms. The predicted molar refractivity (Wildman–Crippen MR) is 103 cm³/mol. The van der Waals surface area contributed by atoms with Crippen LogP contribution in [0, 0.1) is 6.92 Å². The second kappa shape index (κ2) is 8.61. The first kappa shape index (κ1) is 18.1. The van der Waals surface area contributed by atoms with E-state index in [0.29, 0.717) is 12.1 Å². The monoisotopic (exact) mass is 358 g/mol. The molecule has 1 aliphatic rings. The van der Waals surface area contributed by atoms with Crippen LogP contribution in [0.5, 0.6) is 0 Å². The van der Waals surface area contributed by atoms with Crippen molar-refractivity contribution in [3.05, 3.63) is 46.8 Å². The van der Waals surface area contributed by atoms with Crippen molar-refractivity contribution >= 4 is 17.2 Å². The number of hydrogen-bond acceptors (Lipinski definition) is 4. The second-order valence-electron chi connectivity index (χ2n) is 6.63. The summed E-state index contributed by atoms with van der Waals surface area (Å²) in [6.07, 6.45) is 3.41. The van der Waals surface area contributed by atoms with Crippen molar-refractivity contribution in [1.82, 2.24) is 10.2 Å². The van der Waals surface area contributed by atoms with Crippen LogP contribution >= 0.6 is 11.3 Å². The molecular weight excluding hydrogens is 332 g/mol. The molecule has 1 aromatic heterocycles. The van der Waals surface area contributed by atoms with Crippen LogP contribution in [0.4, 0.5) is 0 Å². The summed E-state index contributed by atoms with van der Waals surface area (Å²) in [7, 11) is 0. The van der Waals surface area contributed by atoms with E-state index >= 15 is 0 Å². The van der Waals surface area contributed by atoms with Gasteiger partial charge in [-0.2, -0.15) is 0 Å². The molecule has 0 saturated carbocycles. The van der Waals surface area contributed by atoms with Crippen LogP contribution in [-0.2, 0) is 0 Å². The molecular formula is C20H26N2O2S. The number of rotatable bonds is 6. The minimum atomic E-state index is -0.0352. The molecule has 2 N–H and O–H groups in total. The first-order valence-corrected chi connectivity index (χ1v) is 9.84. The lowest BCUT2D eigenvalue weighted by Crippen LogP contribution is -2.45. The minimum absolute atomic E-state index is 0.0352. The lowest BCUT2D eigenvalue weighted by atomic mass is 10.0. The molecule has 25 heavy (non-hydrogen) atoms. The van der Waals surface area contributed by atoms with Crippen LogP contribution in [0.15, 0.2) is 35.7 Å². The van der Waals surface area contributed by atoms with Gasteiger partial charge in [-0.05, 0) is 61.0 Å². The fraction of sp³-hybridized carbons (Fsp3) is 0.450. The summed E-state index contributed by atoms with van der Waals surface area (Å²) in [6, 6.07) is 10.2. The van der Waals surface area contributed by atoms with E-state index in [4.69, 9.17) is 0 Å². The molecule has 1 amide bonds. The summed E-state index contributed by atoms with van der Waals surface area (Å²) in [5.74, 6) is -0.0352. The van der Waals surface area contributed by atoms with Crippen molar-refractivity contribution in [3.63, 3.8) is 0 Å². The molecule has 2 aromatic rings. The molecule has 1 aromatic carbocycles. The van der Waals surface area contributed by atoms with Gasteiger partial charge in [0.1, 0.15) is 0 Å². The van der Waals surface area contributed by atoms with Crippen molar-refractivity contribution in [1.29, 1.82) is 0 Å². The van der Waals surface area contributed by atoms with E-state index < -0.39 is 0 Å². The van der Waals surface area contributed by atoms with Gasteiger partial charge in [-0.1, -0.05) is 18.6 Å². The third-order valence-corrected chi connectivity index (χ3v) is 5.98. The molecule has 0 radical (unpaired) electrons. The summed E-state index contributed by atoms with van der Waals surface area (Å²) in [5, 5.41) is 14.5. The number of thiophene rings is 1. The number of aliphatic hydroxyl groups excluding tert-OH is 1. The molecule has 1 saturated heterocycles. The highest BCUT2D eigenvalue weighted by Crippen LogP contribution is 2.29.